The van der Waals surface area contributed by atoms with Gasteiger partial charge in [-0.1, -0.05) is 0 Å². The van der Waals surface area contributed by atoms with Crippen molar-refractivity contribution in [3.63, 3.8) is 0 Å². The van der Waals surface area contributed by atoms with E-state index in [0.29, 0.717) is 12.5 Å². The zero-order valence-corrected chi connectivity index (χ0v) is 7.97. The number of nitrogens with two attached hydrogens (primary N) is 1. The van der Waals surface area contributed by atoms with Crippen LogP contribution in [0.15, 0.2) is 6.20 Å². The summed E-state index contributed by atoms with van der Waals surface area (Å²) >= 11 is 0. The molecule has 7 nitrogen and oxygen atoms in total. The Hall–Kier alpha value is -1.92. The lowest BCUT2D eigenvalue weighted by Gasteiger charge is -2.13. The van der Waals surface area contributed by atoms with Gasteiger partial charge < -0.3 is 10.6 Å². The summed E-state index contributed by atoms with van der Waals surface area (Å²) in [7, 11) is 1.78. The van der Waals surface area contributed by atoms with Crippen molar-refractivity contribution in [2.45, 2.75) is 6.92 Å². The highest BCUT2D eigenvalue weighted by atomic mass is 16.6. The molecule has 0 amide bonds. The minimum Gasteiger partial charge on any atom is -0.378 e. The van der Waals surface area contributed by atoms with Gasteiger partial charge in [-0.15, -0.1) is 0 Å². The molecule has 1 aromatic rings. The van der Waals surface area contributed by atoms with Crippen molar-refractivity contribution >= 4 is 17.5 Å². The summed E-state index contributed by atoms with van der Waals surface area (Å²) in [6, 6.07) is 0. The molecule has 0 saturated carbocycles. The molecule has 1 aromatic heterocycles. The summed E-state index contributed by atoms with van der Waals surface area (Å²) in [5, 5.41) is 10.4. The summed E-state index contributed by atoms with van der Waals surface area (Å²) in [6.07, 6.45) is 1.11. The van der Waals surface area contributed by atoms with Gasteiger partial charge in [-0.3, -0.25) is 10.1 Å². The van der Waals surface area contributed by atoms with Gasteiger partial charge in [-0.05, 0) is 6.92 Å². The molecular formula is C7H11N5O2. The molecule has 0 aromatic carbocycles. The van der Waals surface area contributed by atoms with Crippen LogP contribution in [0.5, 0.6) is 0 Å². The first kappa shape index (κ1) is 10.2. The number of hydrogen-bond acceptors (Lipinski definition) is 6. The van der Waals surface area contributed by atoms with E-state index in [9.17, 15) is 10.1 Å². The molecule has 1 heterocycles. The predicted octanol–water partition coefficient (Wildman–Crippen LogP) is 0.423. The Morgan fingerprint density at radius 3 is 2.79 bits per heavy atom. The Morgan fingerprint density at radius 2 is 2.36 bits per heavy atom. The van der Waals surface area contributed by atoms with Gasteiger partial charge in [0.15, 0.2) is 0 Å². The number of nitrogens with zero attached hydrogens (tertiary/aromatic N) is 4. The first-order valence-corrected chi connectivity index (χ1v) is 4.04. The average Bonchev–Trinajstić information content (AvgIpc) is 2.15. The third-order valence-electron chi connectivity index (χ3n) is 1.80. The number of nitro groups is 1. The van der Waals surface area contributed by atoms with Crippen molar-refractivity contribution in [2.75, 3.05) is 24.2 Å². The van der Waals surface area contributed by atoms with Crippen molar-refractivity contribution in [1.82, 2.24) is 9.97 Å². The third kappa shape index (κ3) is 1.87. The molecule has 0 unspecified atom stereocenters. The highest BCUT2D eigenvalue weighted by Crippen LogP contribution is 2.19. The summed E-state index contributed by atoms with van der Waals surface area (Å²) in [6.45, 7) is 2.62. The molecule has 0 aliphatic carbocycles. The molecule has 0 radical (unpaired) electrons. The maximum atomic E-state index is 10.4. The number of aromatic nitrogens is 2. The summed E-state index contributed by atoms with van der Waals surface area (Å²) < 4.78 is 0. The van der Waals surface area contributed by atoms with Crippen molar-refractivity contribution in [2.24, 2.45) is 0 Å². The van der Waals surface area contributed by atoms with E-state index in [1.807, 2.05) is 6.92 Å². The van der Waals surface area contributed by atoms with E-state index in [1.54, 1.807) is 11.9 Å². The smallest absolute Gasteiger partial charge is 0.329 e. The second kappa shape index (κ2) is 3.86. The average molecular weight is 197 g/mol. The largest absolute Gasteiger partial charge is 0.378 e. The van der Waals surface area contributed by atoms with Crippen LogP contribution in [-0.4, -0.2) is 28.5 Å². The molecule has 14 heavy (non-hydrogen) atoms. The van der Waals surface area contributed by atoms with Crippen molar-refractivity contribution in [1.29, 1.82) is 0 Å². The lowest BCUT2D eigenvalue weighted by Crippen LogP contribution is -2.19. The van der Waals surface area contributed by atoms with Gasteiger partial charge in [0, 0.05) is 13.6 Å². The maximum absolute atomic E-state index is 10.4. The molecule has 0 fully saturated rings. The summed E-state index contributed by atoms with van der Waals surface area (Å²) in [5.74, 6) is 0.274. The predicted molar refractivity (Wildman–Crippen MR) is 52.0 cm³/mol. The van der Waals surface area contributed by atoms with Crippen LogP contribution in [-0.2, 0) is 0 Å². The zero-order chi connectivity index (χ0) is 10.7. The van der Waals surface area contributed by atoms with Gasteiger partial charge in [0.2, 0.25) is 11.8 Å². The SMILES string of the molecule is CCN(C)c1ncc([N+](=O)[O-])c(N)n1. The molecule has 1 rings (SSSR count). The molecule has 0 saturated heterocycles. The first-order chi connectivity index (χ1) is 6.56. The van der Waals surface area contributed by atoms with E-state index < -0.39 is 4.92 Å². The number of nitrogen functional groups attached to an aromatic ring is 1. The van der Waals surface area contributed by atoms with Crippen LogP contribution < -0.4 is 10.6 Å². The van der Waals surface area contributed by atoms with Crippen LogP contribution >= 0.6 is 0 Å². The standard InChI is InChI=1S/C7H11N5O2/c1-3-11(2)7-9-4-5(12(13)14)6(8)10-7/h4H,3H2,1-2H3,(H2,8,9,10). The van der Waals surface area contributed by atoms with Gasteiger partial charge in [-0.2, -0.15) is 4.98 Å². The number of anilines is 2. The zero-order valence-electron chi connectivity index (χ0n) is 7.97. The molecule has 0 bridgehead atoms. The highest BCUT2D eigenvalue weighted by Gasteiger charge is 2.15. The molecule has 2 N–H and O–H groups in total. The molecule has 0 aliphatic heterocycles. The van der Waals surface area contributed by atoms with E-state index in [4.69, 9.17) is 5.73 Å². The number of rotatable bonds is 3. The molecule has 7 heteroatoms. The monoisotopic (exact) mass is 197 g/mol. The van der Waals surface area contributed by atoms with E-state index in [0.717, 1.165) is 6.20 Å². The lowest BCUT2D eigenvalue weighted by atomic mass is 10.5. The van der Waals surface area contributed by atoms with Gasteiger partial charge in [-0.25, -0.2) is 4.98 Å². The second-order valence-electron chi connectivity index (χ2n) is 2.71. The molecule has 0 aliphatic rings. The van der Waals surface area contributed by atoms with Crippen LogP contribution in [0.3, 0.4) is 0 Å². The first-order valence-electron chi connectivity index (χ1n) is 4.04. The normalized spacial score (nSPS) is 9.86. The fraction of sp³-hybridized carbons (Fsp3) is 0.429. The lowest BCUT2D eigenvalue weighted by molar-refractivity contribution is -0.384. The molecule has 76 valence electrons. The minimum atomic E-state index is -0.606. The topological polar surface area (TPSA) is 98.2 Å². The Balaban J connectivity index is 3.06. The Labute approximate surface area is 80.7 Å². The van der Waals surface area contributed by atoms with Crippen LogP contribution in [0.25, 0.3) is 0 Å². The fourth-order valence-electron chi connectivity index (χ4n) is 0.845. The Kier molecular flexibility index (Phi) is 2.80. The minimum absolute atomic E-state index is 0.111. The van der Waals surface area contributed by atoms with E-state index >= 15 is 0 Å². The summed E-state index contributed by atoms with van der Waals surface area (Å²) in [4.78, 5) is 19.2. The van der Waals surface area contributed by atoms with Gasteiger partial charge in [0.1, 0.15) is 6.20 Å². The van der Waals surface area contributed by atoms with Crippen LogP contribution in [0.4, 0.5) is 17.5 Å². The van der Waals surface area contributed by atoms with Crippen molar-refractivity contribution in [3.8, 4) is 0 Å². The van der Waals surface area contributed by atoms with Crippen LogP contribution in [0.2, 0.25) is 0 Å². The van der Waals surface area contributed by atoms with Crippen LogP contribution in [0.1, 0.15) is 6.92 Å². The summed E-state index contributed by atoms with van der Waals surface area (Å²) in [5.41, 5.74) is 5.13. The van der Waals surface area contributed by atoms with Crippen LogP contribution in [0, 0.1) is 10.1 Å². The van der Waals surface area contributed by atoms with E-state index in [2.05, 4.69) is 9.97 Å². The molecule has 0 atom stereocenters. The Bertz CT molecular complexity index is 354. The quantitative estimate of drug-likeness (QED) is 0.557. The van der Waals surface area contributed by atoms with Crippen molar-refractivity contribution < 1.29 is 4.92 Å². The van der Waals surface area contributed by atoms with E-state index in [1.165, 1.54) is 0 Å². The maximum Gasteiger partial charge on any atom is 0.329 e. The number of hydrogen-bond donors (Lipinski definition) is 1. The van der Waals surface area contributed by atoms with E-state index in [-0.39, 0.29) is 11.5 Å². The van der Waals surface area contributed by atoms with Gasteiger partial charge in [0.25, 0.3) is 0 Å². The fourth-order valence-corrected chi connectivity index (χ4v) is 0.845. The molecule has 0 spiro atoms. The highest BCUT2D eigenvalue weighted by molar-refractivity contribution is 5.53. The van der Waals surface area contributed by atoms with Gasteiger partial charge >= 0.3 is 5.69 Å². The Morgan fingerprint density at radius 1 is 1.71 bits per heavy atom. The second-order valence-corrected chi connectivity index (χ2v) is 2.71. The van der Waals surface area contributed by atoms with Gasteiger partial charge in [0.05, 0.1) is 4.92 Å². The molecular weight excluding hydrogens is 186 g/mol. The van der Waals surface area contributed by atoms with Crippen molar-refractivity contribution in [3.05, 3.63) is 16.3 Å². The third-order valence-corrected chi connectivity index (χ3v) is 1.80.